The molecule has 0 bridgehead atoms. The van der Waals surface area contributed by atoms with E-state index in [2.05, 4.69) is 20.8 Å². The van der Waals surface area contributed by atoms with Crippen molar-refractivity contribution in [3.05, 3.63) is 71.4 Å². The smallest absolute Gasteiger partial charge is 0.407 e. The third kappa shape index (κ3) is 8.07. The molecule has 4 rings (SSSR count). The van der Waals surface area contributed by atoms with Gasteiger partial charge in [0.15, 0.2) is 18.7 Å². The number of amides is 2. The van der Waals surface area contributed by atoms with Gasteiger partial charge in [-0.05, 0) is 57.7 Å². The van der Waals surface area contributed by atoms with Crippen LogP contribution in [-0.4, -0.2) is 46.7 Å². The van der Waals surface area contributed by atoms with Crippen molar-refractivity contribution in [2.24, 2.45) is 0 Å². The van der Waals surface area contributed by atoms with Gasteiger partial charge in [0.2, 0.25) is 0 Å². The van der Waals surface area contributed by atoms with Crippen LogP contribution in [0.5, 0.6) is 11.5 Å². The van der Waals surface area contributed by atoms with E-state index < -0.39 is 12.0 Å². The normalized spacial score (nSPS) is 16.8. The fourth-order valence-electron chi connectivity index (χ4n) is 4.38. The number of anilines is 1. The standard InChI is InChI=1S/C29H34N4O6/c1-29(2,3)31-28(36)39-21-13-12-20(14-21)23-15-26(33-32-23)30-27(35)18-38-25-11-7-10-24(22(25)16-34)37-17-19-8-5-4-6-9-19/h4-11,15-16,20-21H,12-14,17-18H2,1-3H3,(H,31,36)(H2,30,32,33,35)/t20-,21+/m0/s1. The van der Waals surface area contributed by atoms with Gasteiger partial charge in [-0.2, -0.15) is 5.10 Å². The Kier molecular flexibility index (Phi) is 8.85. The van der Waals surface area contributed by atoms with Crippen molar-refractivity contribution in [2.45, 2.75) is 64.2 Å². The average Bonchev–Trinajstić information content (AvgIpc) is 3.55. The molecule has 2 amide bonds. The molecule has 1 aliphatic rings. The van der Waals surface area contributed by atoms with Crippen LogP contribution in [0.3, 0.4) is 0 Å². The third-order valence-electron chi connectivity index (χ3n) is 6.18. The number of hydrogen-bond acceptors (Lipinski definition) is 7. The zero-order valence-corrected chi connectivity index (χ0v) is 22.4. The van der Waals surface area contributed by atoms with E-state index in [9.17, 15) is 14.4 Å². The number of nitrogens with zero attached hydrogens (tertiary/aromatic N) is 1. The Balaban J connectivity index is 1.27. The van der Waals surface area contributed by atoms with E-state index in [0.717, 1.165) is 24.1 Å². The topological polar surface area (TPSA) is 132 Å². The molecule has 10 heteroatoms. The first kappa shape index (κ1) is 27.7. The molecule has 1 saturated carbocycles. The number of nitrogens with one attached hydrogen (secondary N) is 3. The minimum Gasteiger partial charge on any atom is -0.488 e. The number of aromatic amines is 1. The molecule has 2 aromatic carbocycles. The number of aldehydes is 1. The lowest BCUT2D eigenvalue weighted by Gasteiger charge is -2.22. The molecule has 39 heavy (non-hydrogen) atoms. The summed E-state index contributed by atoms with van der Waals surface area (Å²) in [5.41, 5.74) is 1.70. The highest BCUT2D eigenvalue weighted by molar-refractivity contribution is 5.91. The van der Waals surface area contributed by atoms with Gasteiger partial charge >= 0.3 is 6.09 Å². The summed E-state index contributed by atoms with van der Waals surface area (Å²) < 4.78 is 17.0. The number of benzene rings is 2. The second-order valence-corrected chi connectivity index (χ2v) is 10.5. The summed E-state index contributed by atoms with van der Waals surface area (Å²) in [5, 5.41) is 12.7. The predicted molar refractivity (Wildman–Crippen MR) is 145 cm³/mol. The number of H-pyrrole nitrogens is 1. The van der Waals surface area contributed by atoms with Crippen LogP contribution in [0.25, 0.3) is 0 Å². The maximum Gasteiger partial charge on any atom is 0.407 e. The second-order valence-electron chi connectivity index (χ2n) is 10.5. The molecule has 3 N–H and O–H groups in total. The maximum absolute atomic E-state index is 12.5. The summed E-state index contributed by atoms with van der Waals surface area (Å²) in [6.07, 6.45) is 2.32. The van der Waals surface area contributed by atoms with Gasteiger partial charge in [-0.25, -0.2) is 4.79 Å². The molecule has 206 valence electrons. The first-order chi connectivity index (χ1) is 18.7. The quantitative estimate of drug-likeness (QED) is 0.313. The van der Waals surface area contributed by atoms with Gasteiger partial charge in [0.05, 0.1) is 5.56 Å². The predicted octanol–water partition coefficient (Wildman–Crippen LogP) is 4.98. The lowest BCUT2D eigenvalue weighted by Crippen LogP contribution is -2.42. The Morgan fingerprint density at radius 2 is 1.79 bits per heavy atom. The largest absolute Gasteiger partial charge is 0.488 e. The summed E-state index contributed by atoms with van der Waals surface area (Å²) >= 11 is 0. The van der Waals surface area contributed by atoms with E-state index in [0.29, 0.717) is 30.9 Å². The lowest BCUT2D eigenvalue weighted by molar-refractivity contribution is -0.118. The molecule has 1 aromatic heterocycles. The van der Waals surface area contributed by atoms with Crippen molar-refractivity contribution in [3.63, 3.8) is 0 Å². The van der Waals surface area contributed by atoms with Crippen LogP contribution < -0.4 is 20.1 Å². The molecule has 0 spiro atoms. The van der Waals surface area contributed by atoms with Crippen LogP contribution in [0.2, 0.25) is 0 Å². The van der Waals surface area contributed by atoms with Gasteiger partial charge in [-0.1, -0.05) is 36.4 Å². The van der Waals surface area contributed by atoms with Crippen molar-refractivity contribution in [1.29, 1.82) is 0 Å². The zero-order chi connectivity index (χ0) is 27.8. The van der Waals surface area contributed by atoms with Gasteiger partial charge < -0.3 is 24.8 Å². The molecule has 10 nitrogen and oxygen atoms in total. The van der Waals surface area contributed by atoms with Gasteiger partial charge in [-0.3, -0.25) is 14.7 Å². The fourth-order valence-corrected chi connectivity index (χ4v) is 4.38. The van der Waals surface area contributed by atoms with Crippen LogP contribution in [0.1, 0.15) is 67.6 Å². The number of rotatable bonds is 10. The maximum atomic E-state index is 12.5. The number of hydrogen-bond donors (Lipinski definition) is 3. The Hall–Kier alpha value is -4.34. The van der Waals surface area contributed by atoms with Crippen molar-refractivity contribution >= 4 is 24.1 Å². The van der Waals surface area contributed by atoms with E-state index in [-0.39, 0.29) is 35.5 Å². The molecule has 0 radical (unpaired) electrons. The van der Waals surface area contributed by atoms with Crippen LogP contribution >= 0.6 is 0 Å². The Labute approximate surface area is 227 Å². The number of alkyl carbamates (subject to hydrolysis) is 1. The lowest BCUT2D eigenvalue weighted by atomic mass is 10.0. The minimum atomic E-state index is -0.424. The highest BCUT2D eigenvalue weighted by Gasteiger charge is 2.30. The molecule has 1 heterocycles. The highest BCUT2D eigenvalue weighted by Crippen LogP contribution is 2.36. The Morgan fingerprint density at radius 3 is 2.51 bits per heavy atom. The average molecular weight is 535 g/mol. The minimum absolute atomic E-state index is 0.139. The van der Waals surface area contributed by atoms with Gasteiger partial charge in [-0.15, -0.1) is 0 Å². The van der Waals surface area contributed by atoms with Crippen molar-refractivity contribution in [3.8, 4) is 11.5 Å². The van der Waals surface area contributed by atoms with Crippen LogP contribution in [0, 0.1) is 0 Å². The molecule has 0 saturated heterocycles. The Morgan fingerprint density at radius 1 is 1.05 bits per heavy atom. The summed E-state index contributed by atoms with van der Waals surface area (Å²) in [4.78, 5) is 36.3. The van der Waals surface area contributed by atoms with Crippen molar-refractivity contribution in [2.75, 3.05) is 11.9 Å². The van der Waals surface area contributed by atoms with Crippen LogP contribution in [-0.2, 0) is 16.1 Å². The molecule has 0 aliphatic heterocycles. The number of ether oxygens (including phenoxy) is 3. The molecule has 3 aromatic rings. The molecule has 1 aliphatic carbocycles. The number of carbonyl (C=O) groups is 3. The summed E-state index contributed by atoms with van der Waals surface area (Å²) in [5.74, 6) is 0.705. The van der Waals surface area contributed by atoms with Gasteiger partial charge in [0, 0.05) is 23.2 Å². The van der Waals surface area contributed by atoms with Crippen molar-refractivity contribution in [1.82, 2.24) is 15.5 Å². The summed E-state index contributed by atoms with van der Waals surface area (Å²) in [6.45, 7) is 5.68. The summed E-state index contributed by atoms with van der Waals surface area (Å²) in [6, 6.07) is 16.4. The molecular formula is C29H34N4O6. The summed E-state index contributed by atoms with van der Waals surface area (Å²) in [7, 11) is 0. The molecular weight excluding hydrogens is 500 g/mol. The van der Waals surface area contributed by atoms with E-state index in [1.54, 1.807) is 24.3 Å². The van der Waals surface area contributed by atoms with E-state index in [1.165, 1.54) is 0 Å². The molecule has 1 fully saturated rings. The molecule has 0 unspecified atom stereocenters. The van der Waals surface area contributed by atoms with Crippen molar-refractivity contribution < 1.29 is 28.6 Å². The SMILES string of the molecule is CC(C)(C)NC(=O)O[C@@H]1CC[C@H](c2cc(NC(=O)COc3cccc(OCc4ccccc4)c3C=O)n[nH]2)C1. The molecule has 2 atom stereocenters. The van der Waals surface area contributed by atoms with E-state index in [1.807, 2.05) is 51.1 Å². The highest BCUT2D eigenvalue weighted by atomic mass is 16.6. The third-order valence-corrected chi connectivity index (χ3v) is 6.18. The first-order valence-electron chi connectivity index (χ1n) is 12.9. The van der Waals surface area contributed by atoms with E-state index in [4.69, 9.17) is 14.2 Å². The fraction of sp³-hybridized carbons (Fsp3) is 0.379. The zero-order valence-electron chi connectivity index (χ0n) is 22.4. The van der Waals surface area contributed by atoms with Gasteiger partial charge in [0.25, 0.3) is 5.91 Å². The van der Waals surface area contributed by atoms with Crippen LogP contribution in [0.4, 0.5) is 10.6 Å². The second kappa shape index (κ2) is 12.5. The number of carbonyl (C=O) groups excluding carboxylic acids is 3. The van der Waals surface area contributed by atoms with E-state index >= 15 is 0 Å². The first-order valence-corrected chi connectivity index (χ1v) is 12.9. The van der Waals surface area contributed by atoms with Gasteiger partial charge in [0.1, 0.15) is 24.2 Å². The van der Waals surface area contributed by atoms with Crippen LogP contribution in [0.15, 0.2) is 54.6 Å². The monoisotopic (exact) mass is 534 g/mol. The number of aromatic nitrogens is 2. The Bertz CT molecular complexity index is 1280.